The van der Waals surface area contributed by atoms with E-state index in [0.717, 1.165) is 0 Å². The van der Waals surface area contributed by atoms with Crippen molar-refractivity contribution in [2.24, 2.45) is 0 Å². The van der Waals surface area contributed by atoms with E-state index in [1.165, 1.54) is 7.11 Å². The van der Waals surface area contributed by atoms with Crippen LogP contribution in [-0.4, -0.2) is 28.7 Å². The van der Waals surface area contributed by atoms with Crippen molar-refractivity contribution >= 4 is 16.5 Å². The highest BCUT2D eigenvalue weighted by atomic mass is 28.2. The van der Waals surface area contributed by atoms with Gasteiger partial charge in [0.1, 0.15) is 0 Å². The fourth-order valence-electron chi connectivity index (χ4n) is 1.12. The molecule has 0 fully saturated rings. The Hall–Kier alpha value is -1.17. The van der Waals surface area contributed by atoms with Gasteiger partial charge in [-0.05, 0) is 0 Å². The lowest BCUT2D eigenvalue weighted by molar-refractivity contribution is -0.200. The average Bonchev–Trinajstić information content (AvgIpc) is 2.28. The van der Waals surface area contributed by atoms with Crippen LogP contribution in [0.25, 0.3) is 0 Å². The van der Waals surface area contributed by atoms with Crippen molar-refractivity contribution in [1.29, 1.82) is 0 Å². The Kier molecular flexibility index (Phi) is 3.40. The summed E-state index contributed by atoms with van der Waals surface area (Å²) in [6, 6.07) is 8.42. The first-order valence-corrected chi connectivity index (χ1v) is 4.88. The number of carbonyl (C=O) groups is 1. The zero-order valence-electron chi connectivity index (χ0n) is 8.06. The predicted octanol–water partition coefficient (Wildman–Crippen LogP) is -0.698. The lowest BCUT2D eigenvalue weighted by atomic mass is 10.1. The molecule has 0 aromatic heterocycles. The molecule has 5 heteroatoms. The molecule has 0 unspecified atom stereocenters. The molecule has 0 bridgehead atoms. The van der Waals surface area contributed by atoms with Gasteiger partial charge in [-0.25, -0.2) is 4.79 Å². The normalized spacial score (nSPS) is 14.7. The second-order valence-electron chi connectivity index (χ2n) is 2.71. The molecular weight excluding hydrogens is 200 g/mol. The van der Waals surface area contributed by atoms with Crippen LogP contribution in [0.4, 0.5) is 0 Å². The highest BCUT2D eigenvalue weighted by Gasteiger charge is 2.38. The maximum atomic E-state index is 11.3. The second-order valence-corrected chi connectivity index (χ2v) is 3.11. The number of ether oxygens (including phenoxy) is 1. The molecule has 0 aliphatic rings. The summed E-state index contributed by atoms with van der Waals surface area (Å²) in [7, 11) is 1.44. The van der Waals surface area contributed by atoms with Gasteiger partial charge in [-0.1, -0.05) is 30.3 Å². The van der Waals surface area contributed by atoms with Crippen molar-refractivity contribution < 1.29 is 19.1 Å². The van der Waals surface area contributed by atoms with Gasteiger partial charge in [0.15, 0.2) is 10.5 Å². The fraction of sp³-hybridized carbons (Fsp3) is 0.222. The topological polar surface area (TPSA) is 55.8 Å². The van der Waals surface area contributed by atoms with Crippen molar-refractivity contribution in [1.82, 2.24) is 0 Å². The van der Waals surface area contributed by atoms with Crippen LogP contribution in [0.1, 0.15) is 5.56 Å². The van der Waals surface area contributed by atoms with E-state index in [0.29, 0.717) is 5.56 Å². The molecule has 76 valence electrons. The minimum atomic E-state index is -1.96. The SMILES string of the molecule is COC(=O)[C@@](O)(O[SiH3])c1ccccc1. The molecule has 0 saturated carbocycles. The first kappa shape index (κ1) is 10.9. The van der Waals surface area contributed by atoms with Crippen LogP contribution >= 0.6 is 0 Å². The fourth-order valence-corrected chi connectivity index (χ4v) is 1.52. The molecule has 4 nitrogen and oxygen atoms in total. The van der Waals surface area contributed by atoms with Gasteiger partial charge in [0.25, 0.3) is 5.79 Å². The van der Waals surface area contributed by atoms with Crippen LogP contribution in [0.5, 0.6) is 0 Å². The summed E-state index contributed by atoms with van der Waals surface area (Å²) < 4.78 is 9.37. The standard InChI is InChI=1S/C9H12O4Si/c1-12-8(10)9(11,13-14)7-5-3-2-4-6-7/h2-6,11H,1,14H3/t9-/m0/s1. The monoisotopic (exact) mass is 212 g/mol. The average molecular weight is 212 g/mol. The molecule has 1 aromatic rings. The van der Waals surface area contributed by atoms with Crippen LogP contribution in [0.15, 0.2) is 30.3 Å². The molecule has 0 saturated heterocycles. The Labute approximate surface area is 85.0 Å². The third kappa shape index (κ3) is 1.84. The van der Waals surface area contributed by atoms with E-state index in [1.54, 1.807) is 30.3 Å². The first-order valence-electron chi connectivity index (χ1n) is 4.06. The van der Waals surface area contributed by atoms with Crippen LogP contribution < -0.4 is 0 Å². The summed E-state index contributed by atoms with van der Waals surface area (Å²) in [6.07, 6.45) is 0. The number of methoxy groups -OCH3 is 1. The molecule has 0 amide bonds. The van der Waals surface area contributed by atoms with E-state index in [2.05, 4.69) is 4.74 Å². The summed E-state index contributed by atoms with van der Waals surface area (Å²) in [5, 5.41) is 9.90. The number of rotatable bonds is 3. The van der Waals surface area contributed by atoms with Gasteiger partial charge < -0.3 is 14.3 Å². The maximum absolute atomic E-state index is 11.3. The van der Waals surface area contributed by atoms with Crippen molar-refractivity contribution in [3.8, 4) is 0 Å². The summed E-state index contributed by atoms with van der Waals surface area (Å²) in [5.41, 5.74) is 0.377. The number of aliphatic hydroxyl groups is 1. The van der Waals surface area contributed by atoms with E-state index >= 15 is 0 Å². The molecule has 0 heterocycles. The summed E-state index contributed by atoms with van der Waals surface area (Å²) in [6.45, 7) is 0. The van der Waals surface area contributed by atoms with Gasteiger partial charge in [0.05, 0.1) is 7.11 Å². The lowest BCUT2D eigenvalue weighted by Gasteiger charge is -2.23. The second kappa shape index (κ2) is 4.36. The number of esters is 1. The Bertz CT molecular complexity index is 314. The molecule has 1 atom stereocenters. The Morgan fingerprint density at radius 3 is 2.43 bits per heavy atom. The third-order valence-electron chi connectivity index (χ3n) is 1.92. The van der Waals surface area contributed by atoms with Gasteiger partial charge in [-0.2, -0.15) is 0 Å². The molecular formula is C9H12O4Si. The smallest absolute Gasteiger partial charge is 0.370 e. The first-order chi connectivity index (χ1) is 6.65. The summed E-state index contributed by atoms with van der Waals surface area (Å²) >= 11 is 0. The minimum absolute atomic E-state index is 0.233. The van der Waals surface area contributed by atoms with Crippen LogP contribution in [0.3, 0.4) is 0 Å². The van der Waals surface area contributed by atoms with Crippen LogP contribution in [-0.2, 0) is 19.7 Å². The van der Waals surface area contributed by atoms with Crippen LogP contribution in [0.2, 0.25) is 0 Å². The summed E-state index contributed by atoms with van der Waals surface area (Å²) in [4.78, 5) is 11.3. The number of hydrogen-bond donors (Lipinski definition) is 1. The molecule has 1 N–H and O–H groups in total. The van der Waals surface area contributed by atoms with E-state index in [-0.39, 0.29) is 10.5 Å². The van der Waals surface area contributed by atoms with E-state index in [4.69, 9.17) is 4.43 Å². The van der Waals surface area contributed by atoms with E-state index < -0.39 is 11.8 Å². The molecule has 0 aliphatic carbocycles. The Morgan fingerprint density at radius 2 is 2.00 bits per heavy atom. The third-order valence-corrected chi connectivity index (χ3v) is 2.51. The van der Waals surface area contributed by atoms with Crippen molar-refractivity contribution in [3.63, 3.8) is 0 Å². The number of benzene rings is 1. The highest BCUT2D eigenvalue weighted by molar-refractivity contribution is 6.00. The molecule has 0 radical (unpaired) electrons. The quantitative estimate of drug-likeness (QED) is 0.409. The van der Waals surface area contributed by atoms with Gasteiger partial charge in [0, 0.05) is 5.56 Å². The van der Waals surface area contributed by atoms with Gasteiger partial charge >= 0.3 is 5.97 Å². The zero-order valence-corrected chi connectivity index (χ0v) is 10.1. The van der Waals surface area contributed by atoms with Crippen molar-refractivity contribution in [2.45, 2.75) is 5.79 Å². The number of hydrogen-bond acceptors (Lipinski definition) is 4. The minimum Gasteiger partial charge on any atom is -0.465 e. The maximum Gasteiger partial charge on any atom is 0.370 e. The molecule has 1 rings (SSSR count). The molecule has 0 aliphatic heterocycles. The van der Waals surface area contributed by atoms with Crippen molar-refractivity contribution in [2.75, 3.05) is 7.11 Å². The van der Waals surface area contributed by atoms with Gasteiger partial charge in [-0.3, -0.25) is 0 Å². The highest BCUT2D eigenvalue weighted by Crippen LogP contribution is 2.22. The molecule has 0 spiro atoms. The Balaban J connectivity index is 3.08. The largest absolute Gasteiger partial charge is 0.465 e. The summed E-state index contributed by atoms with van der Waals surface area (Å²) in [5.74, 6) is -2.76. The van der Waals surface area contributed by atoms with E-state index in [1.807, 2.05) is 0 Å². The van der Waals surface area contributed by atoms with Gasteiger partial charge in [-0.15, -0.1) is 0 Å². The molecule has 1 aromatic carbocycles. The van der Waals surface area contributed by atoms with Crippen LogP contribution in [0, 0.1) is 0 Å². The lowest BCUT2D eigenvalue weighted by Crippen LogP contribution is -2.39. The zero-order chi connectivity index (χ0) is 10.6. The molecule has 14 heavy (non-hydrogen) atoms. The number of carbonyl (C=O) groups excluding carboxylic acids is 1. The van der Waals surface area contributed by atoms with Gasteiger partial charge in [0.2, 0.25) is 0 Å². The Morgan fingerprint density at radius 1 is 1.43 bits per heavy atom. The predicted molar refractivity (Wildman–Crippen MR) is 53.4 cm³/mol. The van der Waals surface area contributed by atoms with Crippen molar-refractivity contribution in [3.05, 3.63) is 35.9 Å². The van der Waals surface area contributed by atoms with E-state index in [9.17, 15) is 9.90 Å².